The molecular weight excluding hydrogens is 296 g/mol. The molecule has 0 saturated carbocycles. The number of rotatable bonds is 5. The number of pyridine rings is 1. The van der Waals surface area contributed by atoms with E-state index in [-0.39, 0.29) is 5.91 Å². The fourth-order valence-electron chi connectivity index (χ4n) is 2.70. The normalized spacial score (nSPS) is 10.4. The molecule has 1 N–H and O–H groups in total. The number of anilines is 1. The fourth-order valence-corrected chi connectivity index (χ4v) is 2.70. The molecule has 0 aliphatic carbocycles. The molecule has 3 rings (SSSR count). The lowest BCUT2D eigenvalue weighted by Crippen LogP contribution is -2.42. The van der Waals surface area contributed by atoms with Gasteiger partial charge in [0.15, 0.2) is 11.9 Å². The molecule has 24 heavy (non-hydrogen) atoms. The molecule has 0 saturated heterocycles. The van der Waals surface area contributed by atoms with Gasteiger partial charge in [0.25, 0.3) is 5.91 Å². The third-order valence-corrected chi connectivity index (χ3v) is 4.01. The zero-order valence-corrected chi connectivity index (χ0v) is 13.8. The molecule has 0 atom stereocenters. The summed E-state index contributed by atoms with van der Waals surface area (Å²) in [4.78, 5) is 12.4. The highest BCUT2D eigenvalue weighted by Gasteiger charge is 2.13. The Morgan fingerprint density at radius 1 is 0.917 bits per heavy atom. The minimum absolute atomic E-state index is 0.0187. The van der Waals surface area contributed by atoms with Crippen molar-refractivity contribution in [3.8, 4) is 0 Å². The number of aromatic nitrogens is 1. The third-order valence-electron chi connectivity index (χ3n) is 4.01. The number of carbonyl (C=O) groups is 1. The predicted octanol–water partition coefficient (Wildman–Crippen LogP) is 3.51. The van der Waals surface area contributed by atoms with E-state index in [0.29, 0.717) is 6.54 Å². The summed E-state index contributed by atoms with van der Waals surface area (Å²) in [5, 5.41) is 3.05. The minimum atomic E-state index is -0.0187. The largest absolute Gasteiger partial charge is 0.320 e. The molecule has 1 aromatic heterocycles. The van der Waals surface area contributed by atoms with Crippen molar-refractivity contribution in [2.75, 3.05) is 5.32 Å². The van der Waals surface area contributed by atoms with Crippen molar-refractivity contribution in [3.05, 3.63) is 95.8 Å². The van der Waals surface area contributed by atoms with Crippen molar-refractivity contribution in [2.45, 2.75) is 19.9 Å². The molecule has 1 heterocycles. The van der Waals surface area contributed by atoms with E-state index in [4.69, 9.17) is 0 Å². The van der Waals surface area contributed by atoms with Crippen molar-refractivity contribution in [1.82, 2.24) is 0 Å². The maximum Gasteiger partial charge on any atom is 0.290 e. The first-order valence-electron chi connectivity index (χ1n) is 8.09. The molecule has 1 amide bonds. The average Bonchev–Trinajstić information content (AvgIpc) is 2.60. The lowest BCUT2D eigenvalue weighted by atomic mass is 10.0. The summed E-state index contributed by atoms with van der Waals surface area (Å²) >= 11 is 0. The zero-order valence-electron chi connectivity index (χ0n) is 13.8. The lowest BCUT2D eigenvalue weighted by Gasteiger charge is -2.10. The van der Waals surface area contributed by atoms with Crippen LogP contribution in [0.4, 0.5) is 5.69 Å². The summed E-state index contributed by atoms with van der Waals surface area (Å²) in [6, 6.07) is 24.1. The number of nitrogens with one attached hydrogen (secondary N) is 1. The first-order chi connectivity index (χ1) is 11.7. The van der Waals surface area contributed by atoms with Gasteiger partial charge in [-0.15, -0.1) is 0 Å². The van der Waals surface area contributed by atoms with Crippen LogP contribution < -0.4 is 9.88 Å². The quantitative estimate of drug-likeness (QED) is 0.718. The fraction of sp³-hybridized carbons (Fsp3) is 0.143. The van der Waals surface area contributed by atoms with Gasteiger partial charge in [-0.3, -0.25) is 4.79 Å². The number of carbonyl (C=O) groups excluding carboxylic acids is 1. The Kier molecular flexibility index (Phi) is 5.02. The average molecular weight is 317 g/mol. The summed E-state index contributed by atoms with van der Waals surface area (Å²) in [6.45, 7) is 2.31. The summed E-state index contributed by atoms with van der Waals surface area (Å²) in [6.07, 6.45) is 2.72. The van der Waals surface area contributed by atoms with Gasteiger partial charge in [-0.1, -0.05) is 54.6 Å². The van der Waals surface area contributed by atoms with Crippen molar-refractivity contribution >= 4 is 11.6 Å². The summed E-state index contributed by atoms with van der Waals surface area (Å²) in [7, 11) is 0. The maximum absolute atomic E-state index is 12.4. The Hall–Kier alpha value is -2.94. The van der Waals surface area contributed by atoms with Gasteiger partial charge in [0.2, 0.25) is 6.54 Å². The standard InChI is InChI=1S/C21H20N2O/c1-17-9-7-8-14-23(17)16-21(24)22-20-13-6-5-12-19(20)15-18-10-3-2-4-11-18/h2-14H,15-16H2,1H3/p+1. The van der Waals surface area contributed by atoms with Crippen LogP contribution in [0.15, 0.2) is 79.0 Å². The first-order valence-corrected chi connectivity index (χ1v) is 8.09. The van der Waals surface area contributed by atoms with E-state index in [9.17, 15) is 4.79 Å². The molecule has 3 aromatic rings. The van der Waals surface area contributed by atoms with E-state index < -0.39 is 0 Å². The van der Waals surface area contributed by atoms with Crippen LogP contribution in [-0.4, -0.2) is 5.91 Å². The van der Waals surface area contributed by atoms with Gasteiger partial charge in [0.1, 0.15) is 0 Å². The second kappa shape index (κ2) is 7.55. The Morgan fingerprint density at radius 2 is 1.62 bits per heavy atom. The highest BCUT2D eigenvalue weighted by molar-refractivity contribution is 5.90. The SMILES string of the molecule is Cc1cccc[n+]1CC(=O)Nc1ccccc1Cc1ccccc1. The molecule has 3 heteroatoms. The predicted molar refractivity (Wildman–Crippen MR) is 95.7 cm³/mol. The summed E-state index contributed by atoms with van der Waals surface area (Å²) in [5.74, 6) is -0.0187. The molecule has 0 bridgehead atoms. The Balaban J connectivity index is 1.73. The highest BCUT2D eigenvalue weighted by atomic mass is 16.1. The van der Waals surface area contributed by atoms with Gasteiger partial charge in [-0.2, -0.15) is 4.57 Å². The molecular formula is C21H21N2O+. The van der Waals surface area contributed by atoms with Crippen molar-refractivity contribution in [2.24, 2.45) is 0 Å². The molecule has 3 nitrogen and oxygen atoms in total. The maximum atomic E-state index is 12.4. The molecule has 2 aromatic carbocycles. The van der Waals surface area contributed by atoms with Crippen molar-refractivity contribution in [1.29, 1.82) is 0 Å². The monoisotopic (exact) mass is 317 g/mol. The Morgan fingerprint density at radius 3 is 2.42 bits per heavy atom. The van der Waals surface area contributed by atoms with Crippen molar-refractivity contribution in [3.63, 3.8) is 0 Å². The molecule has 0 spiro atoms. The highest BCUT2D eigenvalue weighted by Crippen LogP contribution is 2.19. The number of nitrogens with zero attached hydrogens (tertiary/aromatic N) is 1. The number of benzene rings is 2. The van der Waals surface area contributed by atoms with Crippen LogP contribution in [-0.2, 0) is 17.8 Å². The number of hydrogen-bond acceptors (Lipinski definition) is 1. The van der Waals surface area contributed by atoms with E-state index in [1.165, 1.54) is 5.56 Å². The number of aryl methyl sites for hydroxylation is 1. The van der Waals surface area contributed by atoms with E-state index in [1.54, 1.807) is 0 Å². The summed E-state index contributed by atoms with van der Waals surface area (Å²) in [5.41, 5.74) is 4.28. The van der Waals surface area contributed by atoms with E-state index in [2.05, 4.69) is 23.5 Å². The van der Waals surface area contributed by atoms with Crippen LogP contribution in [0.25, 0.3) is 0 Å². The van der Waals surface area contributed by atoms with Crippen LogP contribution in [0.5, 0.6) is 0 Å². The van der Waals surface area contributed by atoms with Crippen LogP contribution in [0.3, 0.4) is 0 Å². The number of para-hydroxylation sites is 1. The number of amides is 1. The van der Waals surface area contributed by atoms with Crippen molar-refractivity contribution < 1.29 is 9.36 Å². The summed E-state index contributed by atoms with van der Waals surface area (Å²) < 4.78 is 1.94. The lowest BCUT2D eigenvalue weighted by molar-refractivity contribution is -0.690. The topological polar surface area (TPSA) is 33.0 Å². The smallest absolute Gasteiger partial charge is 0.290 e. The van der Waals surface area contributed by atoms with Gasteiger partial charge in [-0.25, -0.2) is 0 Å². The van der Waals surface area contributed by atoms with Gasteiger partial charge in [0, 0.05) is 24.7 Å². The van der Waals surface area contributed by atoms with Gasteiger partial charge in [-0.05, 0) is 23.6 Å². The van der Waals surface area contributed by atoms with Gasteiger partial charge in [0.05, 0.1) is 0 Å². The Bertz CT molecular complexity index is 828. The molecule has 0 radical (unpaired) electrons. The molecule has 0 fully saturated rings. The molecule has 0 unspecified atom stereocenters. The number of hydrogen-bond donors (Lipinski definition) is 1. The van der Waals surface area contributed by atoms with E-state index in [0.717, 1.165) is 23.4 Å². The van der Waals surface area contributed by atoms with E-state index >= 15 is 0 Å². The van der Waals surface area contributed by atoms with E-state index in [1.807, 2.05) is 72.3 Å². The van der Waals surface area contributed by atoms with Gasteiger partial charge >= 0.3 is 0 Å². The van der Waals surface area contributed by atoms with Gasteiger partial charge < -0.3 is 5.32 Å². The molecule has 120 valence electrons. The zero-order chi connectivity index (χ0) is 16.8. The second-order valence-electron chi connectivity index (χ2n) is 5.84. The van der Waals surface area contributed by atoms with Crippen LogP contribution in [0.1, 0.15) is 16.8 Å². The van der Waals surface area contributed by atoms with Crippen LogP contribution >= 0.6 is 0 Å². The van der Waals surface area contributed by atoms with Crippen LogP contribution in [0.2, 0.25) is 0 Å². The molecule has 0 aliphatic heterocycles. The second-order valence-corrected chi connectivity index (χ2v) is 5.84. The molecule has 0 aliphatic rings. The minimum Gasteiger partial charge on any atom is -0.320 e. The van der Waals surface area contributed by atoms with Crippen LogP contribution in [0, 0.1) is 6.92 Å². The Labute approximate surface area is 142 Å². The first kappa shape index (κ1) is 15.9. The third kappa shape index (κ3) is 4.07.